The van der Waals surface area contributed by atoms with Gasteiger partial charge in [0, 0.05) is 12.6 Å². The average molecular weight is 251 g/mol. The molecule has 0 saturated carbocycles. The topological polar surface area (TPSA) is 50.7 Å². The van der Waals surface area contributed by atoms with Gasteiger partial charge in [0.1, 0.15) is 0 Å². The minimum atomic E-state index is -0.294. The fourth-order valence-corrected chi connectivity index (χ4v) is 1.95. The van der Waals surface area contributed by atoms with Gasteiger partial charge in [-0.05, 0) is 44.4 Å². The molecule has 1 aromatic carbocycles. The lowest BCUT2D eigenvalue weighted by Crippen LogP contribution is -2.32. The molecule has 1 aliphatic heterocycles. The molecule has 0 aromatic heterocycles. The normalized spacial score (nSPS) is 16.6. The second kappa shape index (κ2) is 6.07. The summed E-state index contributed by atoms with van der Waals surface area (Å²) in [6.45, 7) is 4.89. The number of aliphatic hydroxyl groups is 1. The van der Waals surface area contributed by atoms with Crippen molar-refractivity contribution in [1.29, 1.82) is 0 Å². The quantitative estimate of drug-likeness (QED) is 0.808. The highest BCUT2D eigenvalue weighted by Gasteiger charge is 2.13. The third kappa shape index (κ3) is 3.62. The summed E-state index contributed by atoms with van der Waals surface area (Å²) in [4.78, 5) is 0. The molecule has 0 radical (unpaired) electrons. The molecule has 100 valence electrons. The van der Waals surface area contributed by atoms with E-state index in [4.69, 9.17) is 9.47 Å². The molecule has 4 nitrogen and oxygen atoms in total. The Morgan fingerprint density at radius 1 is 1.28 bits per heavy atom. The van der Waals surface area contributed by atoms with E-state index in [0.29, 0.717) is 19.4 Å². The first-order valence-electron chi connectivity index (χ1n) is 6.45. The molecule has 2 rings (SSSR count). The van der Waals surface area contributed by atoms with Crippen molar-refractivity contribution in [3.8, 4) is 11.5 Å². The Bertz CT molecular complexity index is 393. The van der Waals surface area contributed by atoms with E-state index in [1.54, 1.807) is 6.92 Å². The van der Waals surface area contributed by atoms with E-state index >= 15 is 0 Å². The second-order valence-electron chi connectivity index (χ2n) is 4.88. The summed E-state index contributed by atoms with van der Waals surface area (Å²) in [5.41, 5.74) is 1.25. The van der Waals surface area contributed by atoms with Crippen LogP contribution in [0, 0.1) is 0 Å². The van der Waals surface area contributed by atoms with Crippen LogP contribution in [0.4, 0.5) is 0 Å². The number of hydrogen-bond donors (Lipinski definition) is 2. The van der Waals surface area contributed by atoms with Crippen LogP contribution in [0.15, 0.2) is 18.2 Å². The Morgan fingerprint density at radius 3 is 2.83 bits per heavy atom. The zero-order valence-corrected chi connectivity index (χ0v) is 11.0. The molecule has 1 aromatic rings. The van der Waals surface area contributed by atoms with E-state index in [-0.39, 0.29) is 6.10 Å². The van der Waals surface area contributed by atoms with Gasteiger partial charge in [-0.3, -0.25) is 0 Å². The molecule has 1 aliphatic rings. The number of fused-ring (bicyclic) bond motifs is 1. The molecule has 2 atom stereocenters. The molecular formula is C14H21NO3. The van der Waals surface area contributed by atoms with Crippen LogP contribution in [0.25, 0.3) is 0 Å². The van der Waals surface area contributed by atoms with Crippen LogP contribution >= 0.6 is 0 Å². The molecule has 0 spiro atoms. The van der Waals surface area contributed by atoms with Crippen molar-refractivity contribution in [2.24, 2.45) is 0 Å². The fourth-order valence-electron chi connectivity index (χ4n) is 1.95. The lowest BCUT2D eigenvalue weighted by molar-refractivity contribution is 0.174. The van der Waals surface area contributed by atoms with Crippen molar-refractivity contribution in [3.63, 3.8) is 0 Å². The summed E-state index contributed by atoms with van der Waals surface area (Å²) in [6.07, 6.45) is 1.73. The Morgan fingerprint density at radius 2 is 2.06 bits per heavy atom. The summed E-state index contributed by atoms with van der Waals surface area (Å²) in [7, 11) is 0. The predicted molar refractivity (Wildman–Crippen MR) is 70.0 cm³/mol. The van der Waals surface area contributed by atoms with Gasteiger partial charge < -0.3 is 19.9 Å². The highest BCUT2D eigenvalue weighted by atomic mass is 16.7. The fraction of sp³-hybridized carbons (Fsp3) is 0.571. The molecule has 2 N–H and O–H groups in total. The van der Waals surface area contributed by atoms with Crippen molar-refractivity contribution >= 4 is 0 Å². The number of aryl methyl sites for hydroxylation is 1. The predicted octanol–water partition coefficient (Wildman–Crippen LogP) is 1.71. The first-order chi connectivity index (χ1) is 8.65. The number of nitrogens with one attached hydrogen (secondary N) is 1. The van der Waals surface area contributed by atoms with Crippen LogP contribution in [0.5, 0.6) is 11.5 Å². The third-order valence-corrected chi connectivity index (χ3v) is 3.06. The zero-order valence-electron chi connectivity index (χ0n) is 11.0. The number of aliphatic hydroxyl groups excluding tert-OH is 1. The van der Waals surface area contributed by atoms with Crippen LogP contribution in [-0.2, 0) is 6.42 Å². The van der Waals surface area contributed by atoms with Crippen molar-refractivity contribution in [1.82, 2.24) is 5.32 Å². The van der Waals surface area contributed by atoms with Gasteiger partial charge in [0.2, 0.25) is 6.79 Å². The molecule has 0 aliphatic carbocycles. The van der Waals surface area contributed by atoms with E-state index < -0.39 is 0 Å². The minimum Gasteiger partial charge on any atom is -0.454 e. The molecule has 0 amide bonds. The Hall–Kier alpha value is -1.26. The third-order valence-electron chi connectivity index (χ3n) is 3.06. The Labute approximate surface area is 108 Å². The van der Waals surface area contributed by atoms with Crippen LogP contribution in [0.3, 0.4) is 0 Å². The maximum absolute atomic E-state index is 9.20. The second-order valence-corrected chi connectivity index (χ2v) is 4.88. The van der Waals surface area contributed by atoms with Crippen LogP contribution in [-0.4, -0.2) is 30.6 Å². The zero-order chi connectivity index (χ0) is 13.0. The van der Waals surface area contributed by atoms with E-state index in [0.717, 1.165) is 24.3 Å². The minimum absolute atomic E-state index is 0.294. The Kier molecular flexibility index (Phi) is 4.44. The van der Waals surface area contributed by atoms with E-state index in [9.17, 15) is 5.11 Å². The lowest BCUT2D eigenvalue weighted by atomic mass is 10.1. The summed E-state index contributed by atoms with van der Waals surface area (Å²) < 4.78 is 10.6. The van der Waals surface area contributed by atoms with Crippen LogP contribution < -0.4 is 14.8 Å². The van der Waals surface area contributed by atoms with E-state index in [1.165, 1.54) is 5.56 Å². The summed E-state index contributed by atoms with van der Waals surface area (Å²) >= 11 is 0. The molecule has 0 fully saturated rings. The van der Waals surface area contributed by atoms with Crippen LogP contribution in [0.2, 0.25) is 0 Å². The molecule has 2 unspecified atom stereocenters. The molecule has 1 heterocycles. The van der Waals surface area contributed by atoms with Gasteiger partial charge >= 0.3 is 0 Å². The van der Waals surface area contributed by atoms with E-state index in [2.05, 4.69) is 18.3 Å². The number of hydrogen-bond acceptors (Lipinski definition) is 4. The molecular weight excluding hydrogens is 230 g/mol. The summed E-state index contributed by atoms with van der Waals surface area (Å²) in [5.74, 6) is 1.68. The van der Waals surface area contributed by atoms with Gasteiger partial charge in [-0.1, -0.05) is 6.07 Å². The summed E-state index contributed by atoms with van der Waals surface area (Å²) in [6, 6.07) is 6.48. The standard InChI is InChI=1S/C14H21NO3/c1-10(15-8-11(2)16)3-4-12-5-6-13-14(7-12)18-9-17-13/h5-7,10-11,15-16H,3-4,8-9H2,1-2H3. The van der Waals surface area contributed by atoms with Crippen molar-refractivity contribution in [2.75, 3.05) is 13.3 Å². The first-order valence-corrected chi connectivity index (χ1v) is 6.45. The SMILES string of the molecule is CC(O)CNC(C)CCc1ccc2c(c1)OCO2. The van der Waals surface area contributed by atoms with Gasteiger partial charge in [-0.15, -0.1) is 0 Å². The molecule has 18 heavy (non-hydrogen) atoms. The first kappa shape index (κ1) is 13.2. The smallest absolute Gasteiger partial charge is 0.231 e. The van der Waals surface area contributed by atoms with Gasteiger partial charge in [0.15, 0.2) is 11.5 Å². The molecule has 0 bridgehead atoms. The summed E-state index contributed by atoms with van der Waals surface area (Å²) in [5, 5.41) is 12.5. The molecule has 0 saturated heterocycles. The molecule has 4 heteroatoms. The van der Waals surface area contributed by atoms with Gasteiger partial charge in [0.25, 0.3) is 0 Å². The van der Waals surface area contributed by atoms with E-state index in [1.807, 2.05) is 12.1 Å². The average Bonchev–Trinajstić information content (AvgIpc) is 2.81. The number of rotatable bonds is 6. The van der Waals surface area contributed by atoms with Crippen molar-refractivity contribution < 1.29 is 14.6 Å². The maximum atomic E-state index is 9.20. The number of benzene rings is 1. The lowest BCUT2D eigenvalue weighted by Gasteiger charge is -2.15. The van der Waals surface area contributed by atoms with Crippen molar-refractivity contribution in [2.45, 2.75) is 38.8 Å². The highest BCUT2D eigenvalue weighted by molar-refractivity contribution is 5.44. The maximum Gasteiger partial charge on any atom is 0.231 e. The largest absolute Gasteiger partial charge is 0.454 e. The van der Waals surface area contributed by atoms with Gasteiger partial charge in [0.05, 0.1) is 6.10 Å². The van der Waals surface area contributed by atoms with Crippen LogP contribution in [0.1, 0.15) is 25.8 Å². The van der Waals surface area contributed by atoms with Gasteiger partial charge in [-0.25, -0.2) is 0 Å². The van der Waals surface area contributed by atoms with Crippen molar-refractivity contribution in [3.05, 3.63) is 23.8 Å². The number of ether oxygens (including phenoxy) is 2. The monoisotopic (exact) mass is 251 g/mol. The Balaban J connectivity index is 1.79. The van der Waals surface area contributed by atoms with Gasteiger partial charge in [-0.2, -0.15) is 0 Å². The highest BCUT2D eigenvalue weighted by Crippen LogP contribution is 2.32.